The first-order valence-corrected chi connectivity index (χ1v) is 8.56. The van der Waals surface area contributed by atoms with E-state index in [9.17, 15) is 14.9 Å². The predicted octanol–water partition coefficient (Wildman–Crippen LogP) is 4.34. The standard InChI is InChI=1S/C20H19N3O5/c1-12-7-8-16(23(25)26)10-19(12)21-20(24)15-5-4-6-17(9-15)27-11-18-13(2)22-28-14(18)3/h4-10H,11H2,1-3H3,(H,21,24). The third-order valence-electron chi connectivity index (χ3n) is 4.34. The fourth-order valence-corrected chi connectivity index (χ4v) is 2.64. The molecule has 1 heterocycles. The van der Waals surface area contributed by atoms with Gasteiger partial charge in [0.05, 0.1) is 21.9 Å². The van der Waals surface area contributed by atoms with E-state index in [-0.39, 0.29) is 18.2 Å². The first-order valence-electron chi connectivity index (χ1n) is 8.56. The van der Waals surface area contributed by atoms with Crippen LogP contribution < -0.4 is 10.1 Å². The molecule has 0 fully saturated rings. The van der Waals surface area contributed by atoms with E-state index >= 15 is 0 Å². The van der Waals surface area contributed by atoms with Gasteiger partial charge in [-0.3, -0.25) is 14.9 Å². The van der Waals surface area contributed by atoms with Crippen molar-refractivity contribution >= 4 is 17.3 Å². The number of nitro groups is 1. The van der Waals surface area contributed by atoms with E-state index in [1.807, 2.05) is 13.8 Å². The van der Waals surface area contributed by atoms with Gasteiger partial charge in [-0.05, 0) is 44.5 Å². The number of nitro benzene ring substituents is 1. The minimum atomic E-state index is -0.502. The second-order valence-corrected chi connectivity index (χ2v) is 6.33. The SMILES string of the molecule is Cc1ccc([N+](=O)[O-])cc1NC(=O)c1cccc(OCc2c(C)noc2C)c1. The smallest absolute Gasteiger partial charge is 0.271 e. The number of rotatable bonds is 6. The second-order valence-electron chi connectivity index (χ2n) is 6.33. The molecule has 0 aliphatic carbocycles. The van der Waals surface area contributed by atoms with Crippen molar-refractivity contribution in [2.75, 3.05) is 5.32 Å². The highest BCUT2D eigenvalue weighted by molar-refractivity contribution is 6.05. The molecule has 0 spiro atoms. The van der Waals surface area contributed by atoms with Gasteiger partial charge in [0.15, 0.2) is 0 Å². The van der Waals surface area contributed by atoms with Gasteiger partial charge < -0.3 is 14.6 Å². The lowest BCUT2D eigenvalue weighted by atomic mass is 10.1. The van der Waals surface area contributed by atoms with E-state index in [0.717, 1.165) is 16.8 Å². The predicted molar refractivity (Wildman–Crippen MR) is 103 cm³/mol. The molecule has 1 amide bonds. The van der Waals surface area contributed by atoms with Crippen molar-refractivity contribution in [3.63, 3.8) is 0 Å². The molecule has 28 heavy (non-hydrogen) atoms. The van der Waals surface area contributed by atoms with Gasteiger partial charge >= 0.3 is 0 Å². The number of nitrogens with one attached hydrogen (secondary N) is 1. The van der Waals surface area contributed by atoms with Crippen molar-refractivity contribution in [2.24, 2.45) is 0 Å². The summed E-state index contributed by atoms with van der Waals surface area (Å²) in [5.74, 6) is 0.822. The summed E-state index contributed by atoms with van der Waals surface area (Å²) in [6, 6.07) is 11.0. The average Bonchev–Trinajstić information content (AvgIpc) is 2.99. The van der Waals surface area contributed by atoms with Crippen LogP contribution in [0.3, 0.4) is 0 Å². The van der Waals surface area contributed by atoms with Gasteiger partial charge in [-0.1, -0.05) is 17.3 Å². The third-order valence-corrected chi connectivity index (χ3v) is 4.34. The number of hydrogen-bond acceptors (Lipinski definition) is 6. The van der Waals surface area contributed by atoms with Crippen LogP contribution in [0.15, 0.2) is 47.0 Å². The summed E-state index contributed by atoms with van der Waals surface area (Å²) < 4.78 is 10.9. The van der Waals surface area contributed by atoms with Crippen LogP contribution in [-0.2, 0) is 6.61 Å². The summed E-state index contributed by atoms with van der Waals surface area (Å²) in [4.78, 5) is 23.0. The molecule has 2 aromatic carbocycles. The van der Waals surface area contributed by atoms with Crippen LogP contribution in [0.4, 0.5) is 11.4 Å². The number of aromatic nitrogens is 1. The molecule has 8 nitrogen and oxygen atoms in total. The minimum absolute atomic E-state index is 0.0857. The Bertz CT molecular complexity index is 1020. The highest BCUT2D eigenvalue weighted by Gasteiger charge is 2.14. The van der Waals surface area contributed by atoms with Crippen molar-refractivity contribution in [1.82, 2.24) is 5.16 Å². The van der Waals surface area contributed by atoms with Gasteiger partial charge in [0.2, 0.25) is 0 Å². The maximum atomic E-state index is 12.6. The second kappa shape index (κ2) is 7.91. The first-order chi connectivity index (χ1) is 13.3. The summed E-state index contributed by atoms with van der Waals surface area (Å²) in [5.41, 5.74) is 3.03. The molecule has 0 aliphatic heterocycles. The van der Waals surface area contributed by atoms with Crippen LogP contribution >= 0.6 is 0 Å². The highest BCUT2D eigenvalue weighted by Crippen LogP contribution is 2.23. The zero-order valence-corrected chi connectivity index (χ0v) is 15.7. The number of nitrogens with zero attached hydrogens (tertiary/aromatic N) is 2. The zero-order chi connectivity index (χ0) is 20.3. The average molecular weight is 381 g/mol. The summed E-state index contributed by atoms with van der Waals surface area (Å²) in [6.07, 6.45) is 0. The van der Waals surface area contributed by atoms with E-state index in [2.05, 4.69) is 10.5 Å². The number of carbonyl (C=O) groups excluding carboxylic acids is 1. The largest absolute Gasteiger partial charge is 0.489 e. The molecule has 0 atom stereocenters. The Morgan fingerprint density at radius 2 is 2.00 bits per heavy atom. The number of hydrogen-bond donors (Lipinski definition) is 1. The zero-order valence-electron chi connectivity index (χ0n) is 15.7. The lowest BCUT2D eigenvalue weighted by Crippen LogP contribution is -2.13. The molecule has 1 aromatic heterocycles. The third kappa shape index (κ3) is 4.17. The van der Waals surface area contributed by atoms with E-state index in [1.54, 1.807) is 37.3 Å². The van der Waals surface area contributed by atoms with E-state index in [4.69, 9.17) is 9.26 Å². The Labute approximate surface area is 161 Å². The number of amides is 1. The fraction of sp³-hybridized carbons (Fsp3) is 0.200. The van der Waals surface area contributed by atoms with Crippen LogP contribution in [0.5, 0.6) is 5.75 Å². The van der Waals surface area contributed by atoms with Crippen molar-refractivity contribution < 1.29 is 19.0 Å². The highest BCUT2D eigenvalue weighted by atomic mass is 16.6. The van der Waals surface area contributed by atoms with Crippen LogP contribution in [0.1, 0.15) is 32.9 Å². The molecule has 144 valence electrons. The van der Waals surface area contributed by atoms with Crippen LogP contribution in [0.2, 0.25) is 0 Å². The van der Waals surface area contributed by atoms with Crippen molar-refractivity contribution in [1.29, 1.82) is 0 Å². The maximum Gasteiger partial charge on any atom is 0.271 e. The van der Waals surface area contributed by atoms with Gasteiger partial charge in [-0.15, -0.1) is 0 Å². The molecule has 3 rings (SSSR count). The fourth-order valence-electron chi connectivity index (χ4n) is 2.64. The molecule has 0 saturated heterocycles. The van der Waals surface area contributed by atoms with Crippen LogP contribution in [0.25, 0.3) is 0 Å². The number of carbonyl (C=O) groups is 1. The van der Waals surface area contributed by atoms with E-state index in [0.29, 0.717) is 22.8 Å². The maximum absolute atomic E-state index is 12.6. The monoisotopic (exact) mass is 381 g/mol. The van der Waals surface area contributed by atoms with Crippen molar-refractivity contribution in [2.45, 2.75) is 27.4 Å². The number of aryl methyl sites for hydroxylation is 3. The van der Waals surface area contributed by atoms with Crippen LogP contribution in [0, 0.1) is 30.9 Å². The molecule has 3 aromatic rings. The lowest BCUT2D eigenvalue weighted by Gasteiger charge is -2.10. The molecule has 1 N–H and O–H groups in total. The molecular formula is C20H19N3O5. The Morgan fingerprint density at radius 1 is 1.21 bits per heavy atom. The van der Waals surface area contributed by atoms with E-state index in [1.165, 1.54) is 12.1 Å². The number of benzene rings is 2. The number of ether oxygens (including phenoxy) is 1. The Morgan fingerprint density at radius 3 is 2.68 bits per heavy atom. The van der Waals surface area contributed by atoms with Gasteiger partial charge in [-0.25, -0.2) is 0 Å². The van der Waals surface area contributed by atoms with Crippen molar-refractivity contribution in [3.05, 3.63) is 80.7 Å². The molecule has 0 saturated carbocycles. The first kappa shape index (κ1) is 19.1. The molecule has 0 radical (unpaired) electrons. The normalized spacial score (nSPS) is 10.5. The molecule has 8 heteroatoms. The summed E-state index contributed by atoms with van der Waals surface area (Å²) in [7, 11) is 0. The molecule has 0 unspecified atom stereocenters. The minimum Gasteiger partial charge on any atom is -0.489 e. The van der Waals surface area contributed by atoms with Gasteiger partial charge in [-0.2, -0.15) is 0 Å². The topological polar surface area (TPSA) is 108 Å². The van der Waals surface area contributed by atoms with E-state index < -0.39 is 4.92 Å². The Kier molecular flexibility index (Phi) is 5.39. The summed E-state index contributed by atoms with van der Waals surface area (Å²) in [6.45, 7) is 5.68. The van der Waals surface area contributed by atoms with Crippen molar-refractivity contribution in [3.8, 4) is 5.75 Å². The Balaban J connectivity index is 1.74. The van der Waals surface area contributed by atoms with Gasteiger partial charge in [0, 0.05) is 17.7 Å². The molecular weight excluding hydrogens is 362 g/mol. The number of anilines is 1. The van der Waals surface area contributed by atoms with Gasteiger partial charge in [0.25, 0.3) is 11.6 Å². The molecule has 0 aliphatic rings. The quantitative estimate of drug-likeness (QED) is 0.503. The molecule has 0 bridgehead atoms. The lowest BCUT2D eigenvalue weighted by molar-refractivity contribution is -0.384. The Hall–Kier alpha value is -3.68. The number of non-ortho nitro benzene ring substituents is 1. The van der Waals surface area contributed by atoms with Crippen LogP contribution in [-0.4, -0.2) is 16.0 Å². The summed E-state index contributed by atoms with van der Waals surface area (Å²) in [5, 5.41) is 17.5. The summed E-state index contributed by atoms with van der Waals surface area (Å²) >= 11 is 0. The van der Waals surface area contributed by atoms with Gasteiger partial charge in [0.1, 0.15) is 18.1 Å².